The molecule has 0 unspecified atom stereocenters. The van der Waals surface area contributed by atoms with Crippen LogP contribution in [0.25, 0.3) is 42.6 Å². The van der Waals surface area contributed by atoms with Crippen LogP contribution in [0.5, 0.6) is 0 Å². The Morgan fingerprint density at radius 1 is 0.862 bits per heavy atom. The summed E-state index contributed by atoms with van der Waals surface area (Å²) in [7, 11) is 0. The molecule has 0 amide bonds. The molecular formula is C27H23NS. The standard InChI is InChI=1S/C27H23NS/c1-17(2)20-14-15-28-25(16-20)24-9-5-8-23-22-7-4-6-21(26(22)29-27(23)24)19-12-10-18(3)11-13-19/h4-17H,1-3H3/i3D3,17D. The Morgan fingerprint density at radius 3 is 2.24 bits per heavy atom. The third-order valence-electron chi connectivity index (χ3n) is 5.33. The first-order valence-electron chi connectivity index (χ1n) is 11.6. The van der Waals surface area contributed by atoms with Gasteiger partial charge in [-0.15, -0.1) is 11.3 Å². The average molecular weight is 398 g/mol. The molecule has 0 atom stereocenters. The Labute approximate surface area is 181 Å². The average Bonchev–Trinajstić information content (AvgIpc) is 3.17. The number of pyridine rings is 1. The Balaban J connectivity index is 1.70. The Morgan fingerprint density at radius 2 is 1.55 bits per heavy atom. The number of hydrogen-bond donors (Lipinski definition) is 0. The molecular weight excluding hydrogens is 370 g/mol. The maximum absolute atomic E-state index is 8.40. The molecule has 0 aliphatic carbocycles. The maximum atomic E-state index is 8.40. The Kier molecular flexibility index (Phi) is 3.46. The first-order valence-corrected chi connectivity index (χ1v) is 10.5. The molecule has 2 heteroatoms. The van der Waals surface area contributed by atoms with E-state index < -0.39 is 12.7 Å². The van der Waals surface area contributed by atoms with Crippen molar-refractivity contribution in [2.45, 2.75) is 26.6 Å². The van der Waals surface area contributed by atoms with Gasteiger partial charge in [0.15, 0.2) is 0 Å². The molecule has 2 aromatic heterocycles. The monoisotopic (exact) mass is 397 g/mol. The van der Waals surface area contributed by atoms with E-state index in [0.29, 0.717) is 5.56 Å². The van der Waals surface area contributed by atoms with E-state index >= 15 is 0 Å². The third-order valence-corrected chi connectivity index (χ3v) is 6.62. The minimum absolute atomic E-state index is 0.348. The molecule has 29 heavy (non-hydrogen) atoms. The van der Waals surface area contributed by atoms with E-state index in [-0.39, 0.29) is 0 Å². The fourth-order valence-corrected chi connectivity index (χ4v) is 5.15. The van der Waals surface area contributed by atoms with Gasteiger partial charge in [0.2, 0.25) is 0 Å². The fraction of sp³-hybridized carbons (Fsp3) is 0.148. The van der Waals surface area contributed by atoms with Gasteiger partial charge in [0.25, 0.3) is 0 Å². The normalized spacial score (nSPS) is 14.4. The van der Waals surface area contributed by atoms with Gasteiger partial charge in [-0.3, -0.25) is 4.98 Å². The van der Waals surface area contributed by atoms with Crippen molar-refractivity contribution in [2.75, 3.05) is 0 Å². The lowest BCUT2D eigenvalue weighted by Crippen LogP contribution is -1.90. The third kappa shape index (κ3) is 3.14. The van der Waals surface area contributed by atoms with Crippen LogP contribution in [-0.4, -0.2) is 4.98 Å². The minimum atomic E-state index is -2.10. The van der Waals surface area contributed by atoms with Crippen LogP contribution >= 0.6 is 11.3 Å². The van der Waals surface area contributed by atoms with Gasteiger partial charge in [0.05, 0.1) is 5.69 Å². The smallest absolute Gasteiger partial charge is 0.0719 e. The van der Waals surface area contributed by atoms with Crippen molar-refractivity contribution in [1.29, 1.82) is 0 Å². The number of hydrogen-bond acceptors (Lipinski definition) is 2. The summed E-state index contributed by atoms with van der Waals surface area (Å²) in [5, 5.41) is 2.34. The van der Waals surface area contributed by atoms with Crippen LogP contribution in [0.3, 0.4) is 0 Å². The van der Waals surface area contributed by atoms with Gasteiger partial charge in [-0.25, -0.2) is 0 Å². The van der Waals surface area contributed by atoms with Crippen LogP contribution in [0.1, 0.15) is 36.4 Å². The van der Waals surface area contributed by atoms with Crippen LogP contribution in [0.15, 0.2) is 79.0 Å². The summed E-state index contributed by atoms with van der Waals surface area (Å²) >= 11 is 1.73. The highest BCUT2D eigenvalue weighted by molar-refractivity contribution is 7.26. The lowest BCUT2D eigenvalue weighted by molar-refractivity contribution is 0.864. The molecule has 0 spiro atoms. The summed E-state index contributed by atoms with van der Waals surface area (Å²) in [6.07, 6.45) is 1.78. The maximum Gasteiger partial charge on any atom is 0.0719 e. The van der Waals surface area contributed by atoms with Crippen molar-refractivity contribution in [1.82, 2.24) is 4.98 Å². The molecule has 0 aliphatic rings. The molecule has 1 nitrogen and oxygen atoms in total. The van der Waals surface area contributed by atoms with Crippen LogP contribution < -0.4 is 0 Å². The van der Waals surface area contributed by atoms with Gasteiger partial charge in [-0.1, -0.05) is 80.1 Å². The number of aryl methyl sites for hydroxylation is 1. The predicted molar refractivity (Wildman–Crippen MR) is 127 cm³/mol. The molecule has 5 aromatic rings. The summed E-state index contributed by atoms with van der Waals surface area (Å²) in [6, 6.07) is 23.6. The second kappa shape index (κ2) is 7.13. The number of thiophene rings is 1. The molecule has 3 aromatic carbocycles. The largest absolute Gasteiger partial charge is 0.256 e. The molecule has 0 radical (unpaired) electrons. The Hall–Kier alpha value is -2.97. The van der Waals surface area contributed by atoms with Crippen molar-refractivity contribution in [3.05, 3.63) is 90.1 Å². The van der Waals surface area contributed by atoms with Crippen molar-refractivity contribution >= 4 is 31.5 Å². The van der Waals surface area contributed by atoms with Gasteiger partial charge in [0, 0.05) is 37.4 Å². The highest BCUT2D eigenvalue weighted by atomic mass is 32.1. The van der Waals surface area contributed by atoms with Gasteiger partial charge in [-0.05, 0) is 41.6 Å². The van der Waals surface area contributed by atoms with Gasteiger partial charge >= 0.3 is 0 Å². The van der Waals surface area contributed by atoms with Crippen molar-refractivity contribution < 1.29 is 5.48 Å². The van der Waals surface area contributed by atoms with E-state index in [2.05, 4.69) is 41.4 Å². The highest BCUT2D eigenvalue weighted by Gasteiger charge is 2.14. The number of fused-ring (bicyclic) bond motifs is 3. The zero-order chi connectivity index (χ0) is 23.4. The van der Waals surface area contributed by atoms with Crippen LogP contribution in [0, 0.1) is 6.85 Å². The SMILES string of the molecule is [2H]C([2H])([2H])c1ccc(-c2cccc3c2sc2c(-c4cc(C([2H])(C)C)ccn4)cccc23)cc1. The number of benzene rings is 3. The predicted octanol–water partition coefficient (Wildman–Crippen LogP) is 8.22. The van der Waals surface area contributed by atoms with Gasteiger partial charge in [0.1, 0.15) is 0 Å². The molecule has 5 rings (SSSR count). The molecule has 0 bridgehead atoms. The quantitative estimate of drug-likeness (QED) is 0.299. The molecule has 0 saturated heterocycles. The van der Waals surface area contributed by atoms with E-state index in [9.17, 15) is 0 Å². The van der Waals surface area contributed by atoms with Crippen LogP contribution in [-0.2, 0) is 0 Å². The van der Waals surface area contributed by atoms with Gasteiger partial charge in [-0.2, -0.15) is 0 Å². The second-order valence-electron chi connectivity index (χ2n) is 7.47. The van der Waals surface area contributed by atoms with Crippen molar-refractivity contribution in [3.8, 4) is 22.4 Å². The number of nitrogens with zero attached hydrogens (tertiary/aromatic N) is 1. The topological polar surface area (TPSA) is 12.9 Å². The first kappa shape index (κ1) is 14.1. The molecule has 0 N–H and O–H groups in total. The summed E-state index contributed by atoms with van der Waals surface area (Å²) in [5.41, 5.74) is 5.29. The van der Waals surface area contributed by atoms with Crippen molar-refractivity contribution in [2.24, 2.45) is 0 Å². The van der Waals surface area contributed by atoms with E-state index in [1.54, 1.807) is 29.7 Å². The molecule has 0 aliphatic heterocycles. The zero-order valence-corrected chi connectivity index (χ0v) is 17.2. The van der Waals surface area contributed by atoms with Crippen LogP contribution in [0.2, 0.25) is 0 Å². The summed E-state index contributed by atoms with van der Waals surface area (Å²) in [4.78, 5) is 4.63. The zero-order valence-electron chi connectivity index (χ0n) is 20.4. The molecule has 142 valence electrons. The summed E-state index contributed by atoms with van der Waals surface area (Å²) in [5.74, 6) is -0.695. The lowest BCUT2D eigenvalue weighted by atomic mass is 9.99. The van der Waals surface area contributed by atoms with Gasteiger partial charge < -0.3 is 0 Å². The first-order chi connectivity index (χ1) is 15.6. The molecule has 2 heterocycles. The minimum Gasteiger partial charge on any atom is -0.256 e. The number of rotatable bonds is 3. The number of aromatic nitrogens is 1. The fourth-order valence-electron chi connectivity index (χ4n) is 3.79. The van der Waals surface area contributed by atoms with Crippen LogP contribution in [0.4, 0.5) is 0 Å². The van der Waals surface area contributed by atoms with E-state index in [0.717, 1.165) is 32.6 Å². The highest BCUT2D eigenvalue weighted by Crippen LogP contribution is 2.43. The lowest BCUT2D eigenvalue weighted by Gasteiger charge is -2.08. The molecule has 0 fully saturated rings. The Bertz CT molecular complexity index is 1470. The summed E-state index contributed by atoms with van der Waals surface area (Å²) < 4.78 is 33.6. The van der Waals surface area contributed by atoms with E-state index in [1.807, 2.05) is 38.1 Å². The van der Waals surface area contributed by atoms with E-state index in [4.69, 9.17) is 5.48 Å². The summed E-state index contributed by atoms with van der Waals surface area (Å²) in [6.45, 7) is 1.66. The van der Waals surface area contributed by atoms with E-state index in [1.165, 1.54) is 15.5 Å². The molecule has 0 saturated carbocycles. The second-order valence-corrected chi connectivity index (χ2v) is 8.49. The van der Waals surface area contributed by atoms with Crippen molar-refractivity contribution in [3.63, 3.8) is 0 Å².